The van der Waals surface area contributed by atoms with E-state index >= 15 is 0 Å². The van der Waals surface area contributed by atoms with Gasteiger partial charge in [-0.15, -0.1) is 0 Å². The van der Waals surface area contributed by atoms with Gasteiger partial charge in [0.15, 0.2) is 13.5 Å². The number of carbonyl (C=O) groups excluding carboxylic acids is 6. The summed E-state index contributed by atoms with van der Waals surface area (Å²) in [5, 5.41) is 8.87. The molecule has 16 nitrogen and oxygen atoms in total. The van der Waals surface area contributed by atoms with Crippen LogP contribution in [0.5, 0.6) is 0 Å². The highest BCUT2D eigenvalue weighted by Crippen LogP contribution is 2.17. The Hall–Kier alpha value is -5.67. The maximum Gasteiger partial charge on any atom is 0.338 e. The molecular weight excluding hydrogens is 672 g/mol. The van der Waals surface area contributed by atoms with Crippen LogP contribution in [0.15, 0.2) is 48.5 Å². The molecule has 0 aliphatic rings. The maximum atomic E-state index is 12.3. The lowest BCUT2D eigenvalue weighted by Gasteiger charge is -2.22. The number of rotatable bonds is 27. The van der Waals surface area contributed by atoms with Gasteiger partial charge < -0.3 is 43.3 Å². The zero-order chi connectivity index (χ0) is 37.3. The first-order valence-corrected chi connectivity index (χ1v) is 16.3. The first-order chi connectivity index (χ1) is 24.6. The number of nitrogens with zero attached hydrogens (tertiary/aromatic N) is 2. The molecule has 2 aromatic carbocycles. The van der Waals surface area contributed by atoms with Gasteiger partial charge in [0.1, 0.15) is 19.8 Å². The third-order valence-corrected chi connectivity index (χ3v) is 7.11. The molecule has 0 atom stereocenters. The summed E-state index contributed by atoms with van der Waals surface area (Å²) in [6, 6.07) is 12.7. The largest absolute Gasteiger partial charge is 0.480 e. The molecule has 0 aliphatic carbocycles. The summed E-state index contributed by atoms with van der Waals surface area (Å²) in [5.74, 6) is -2.82. The quantitative estimate of drug-likeness (QED) is 0.0462. The molecule has 0 radical (unpaired) electrons. The van der Waals surface area contributed by atoms with E-state index in [0.29, 0.717) is 61.0 Å². The van der Waals surface area contributed by atoms with Crippen LogP contribution >= 0.6 is 0 Å². The molecule has 0 unspecified atom stereocenters. The monoisotopic (exact) mass is 716 g/mol. The van der Waals surface area contributed by atoms with Crippen molar-refractivity contribution in [2.45, 2.75) is 51.4 Å². The van der Waals surface area contributed by atoms with E-state index in [1.807, 2.05) is 0 Å². The number of hydrogen-bond donors (Lipinski definition) is 1. The Morgan fingerprint density at radius 1 is 0.588 bits per heavy atom. The highest BCUT2D eigenvalue weighted by atomic mass is 16.6. The molecule has 0 aromatic heterocycles. The fraction of sp³-hybridized carbons (Fsp3) is 0.457. The molecule has 278 valence electrons. The molecule has 51 heavy (non-hydrogen) atoms. The lowest BCUT2D eigenvalue weighted by Crippen LogP contribution is -2.28. The van der Waals surface area contributed by atoms with E-state index in [2.05, 4.69) is 0 Å². The molecule has 16 heteroatoms. The van der Waals surface area contributed by atoms with E-state index in [9.17, 15) is 33.6 Å². The Morgan fingerprint density at radius 2 is 1.02 bits per heavy atom. The first-order valence-electron chi connectivity index (χ1n) is 16.3. The second kappa shape index (κ2) is 24.5. The number of anilines is 2. The number of ether oxygens (including phenoxy) is 6. The number of hydrogen-bond acceptors (Lipinski definition) is 15. The van der Waals surface area contributed by atoms with Gasteiger partial charge in [-0.05, 0) is 87.1 Å². The molecule has 2 rings (SSSR count). The Bertz CT molecular complexity index is 1390. The molecule has 1 N–H and O–H groups in total. The number of unbranched alkanes of at least 4 members (excludes halogenated alkanes) is 4. The molecule has 0 saturated heterocycles. The normalized spacial score (nSPS) is 10.3. The van der Waals surface area contributed by atoms with Gasteiger partial charge in [-0.25, -0.2) is 9.59 Å². The average Bonchev–Trinajstić information content (AvgIpc) is 3.12. The number of aliphatic carboxylic acids is 1. The molecule has 0 saturated carbocycles. The lowest BCUT2D eigenvalue weighted by atomic mass is 10.2. The molecule has 0 amide bonds. The van der Waals surface area contributed by atoms with E-state index in [0.717, 1.165) is 0 Å². The van der Waals surface area contributed by atoms with Crippen molar-refractivity contribution in [3.05, 3.63) is 59.7 Å². The van der Waals surface area contributed by atoms with Crippen molar-refractivity contribution in [1.29, 1.82) is 0 Å². The van der Waals surface area contributed by atoms with Crippen LogP contribution in [0.25, 0.3) is 0 Å². The third-order valence-electron chi connectivity index (χ3n) is 7.11. The van der Waals surface area contributed by atoms with Crippen LogP contribution in [-0.4, -0.2) is 101 Å². The van der Waals surface area contributed by atoms with Crippen molar-refractivity contribution >= 4 is 54.2 Å². The van der Waals surface area contributed by atoms with Crippen LogP contribution in [0.1, 0.15) is 72.1 Å². The zero-order valence-electron chi connectivity index (χ0n) is 28.5. The minimum absolute atomic E-state index is 0.0545. The second-order valence-electron chi connectivity index (χ2n) is 11.0. The van der Waals surface area contributed by atoms with Gasteiger partial charge in [0.25, 0.3) is 12.9 Å². The van der Waals surface area contributed by atoms with Gasteiger partial charge in [-0.3, -0.25) is 24.0 Å². The molecule has 2 aromatic rings. The molecule has 0 bridgehead atoms. The van der Waals surface area contributed by atoms with Crippen molar-refractivity contribution in [1.82, 2.24) is 0 Å². The van der Waals surface area contributed by atoms with Gasteiger partial charge in [0, 0.05) is 31.3 Å². The Labute approximate surface area is 295 Å². The van der Waals surface area contributed by atoms with Crippen molar-refractivity contribution in [3.63, 3.8) is 0 Å². The summed E-state index contributed by atoms with van der Waals surface area (Å²) >= 11 is 0. The SMILES string of the molecule is CN(CC(=O)O)c1ccc(C(=O)OCCCCCC(=O)OCCOC(=O)CCCCCOC(=O)c2ccc(N(COC=O)COC=O)cc2)cc1. The van der Waals surface area contributed by atoms with E-state index in [4.69, 9.17) is 33.5 Å². The number of carboxylic acid groups (broad SMARTS) is 1. The maximum absolute atomic E-state index is 12.3. The van der Waals surface area contributed by atoms with Gasteiger partial charge in [-0.2, -0.15) is 0 Å². The van der Waals surface area contributed by atoms with Crippen molar-refractivity contribution in [2.24, 2.45) is 0 Å². The number of likely N-dealkylation sites (N-methyl/N-ethyl adjacent to an activating group) is 1. The smallest absolute Gasteiger partial charge is 0.338 e. The predicted molar refractivity (Wildman–Crippen MR) is 180 cm³/mol. The van der Waals surface area contributed by atoms with Crippen LogP contribution in [0.3, 0.4) is 0 Å². The van der Waals surface area contributed by atoms with E-state index < -0.39 is 29.8 Å². The van der Waals surface area contributed by atoms with Crippen molar-refractivity contribution < 1.29 is 67.1 Å². The fourth-order valence-electron chi connectivity index (χ4n) is 4.43. The van der Waals surface area contributed by atoms with Crippen LogP contribution < -0.4 is 9.80 Å². The number of esters is 4. The predicted octanol–water partition coefficient (Wildman–Crippen LogP) is 3.50. The lowest BCUT2D eigenvalue weighted by molar-refractivity contribution is -0.152. The van der Waals surface area contributed by atoms with Crippen LogP contribution in [0.2, 0.25) is 0 Å². The average molecular weight is 717 g/mol. The molecule has 0 spiro atoms. The Balaban J connectivity index is 1.46. The van der Waals surface area contributed by atoms with E-state index in [-0.39, 0.29) is 72.2 Å². The Kier molecular flexibility index (Phi) is 19.9. The van der Waals surface area contributed by atoms with Crippen LogP contribution in [0.4, 0.5) is 11.4 Å². The molecular formula is C35H44N2O14. The van der Waals surface area contributed by atoms with E-state index in [1.165, 1.54) is 17.0 Å². The zero-order valence-corrected chi connectivity index (χ0v) is 28.5. The third kappa shape index (κ3) is 17.5. The minimum Gasteiger partial charge on any atom is -0.480 e. The molecule has 0 fully saturated rings. The molecule has 0 heterocycles. The summed E-state index contributed by atoms with van der Waals surface area (Å²) in [6.07, 6.45) is 3.79. The van der Waals surface area contributed by atoms with Crippen molar-refractivity contribution in [2.75, 3.05) is 63.3 Å². The minimum atomic E-state index is -0.959. The topological polar surface area (TPSA) is 202 Å². The number of carboxylic acids is 1. The highest BCUT2D eigenvalue weighted by molar-refractivity contribution is 5.90. The number of carbonyl (C=O) groups is 7. The summed E-state index contributed by atoms with van der Waals surface area (Å²) in [6.45, 7) is 0.311. The second-order valence-corrected chi connectivity index (χ2v) is 11.0. The van der Waals surface area contributed by atoms with Gasteiger partial charge >= 0.3 is 29.8 Å². The summed E-state index contributed by atoms with van der Waals surface area (Å²) in [4.78, 5) is 83.1. The van der Waals surface area contributed by atoms with Gasteiger partial charge in [0.2, 0.25) is 0 Å². The van der Waals surface area contributed by atoms with E-state index in [1.54, 1.807) is 48.3 Å². The Morgan fingerprint density at radius 3 is 1.43 bits per heavy atom. The molecule has 0 aliphatic heterocycles. The summed E-state index contributed by atoms with van der Waals surface area (Å²) in [7, 11) is 1.64. The highest BCUT2D eigenvalue weighted by Gasteiger charge is 2.13. The van der Waals surface area contributed by atoms with Crippen LogP contribution in [-0.2, 0) is 52.4 Å². The van der Waals surface area contributed by atoms with Crippen LogP contribution in [0, 0.1) is 0 Å². The van der Waals surface area contributed by atoms with Gasteiger partial charge in [-0.1, -0.05) is 0 Å². The summed E-state index contributed by atoms with van der Waals surface area (Å²) in [5.41, 5.74) is 1.87. The summed E-state index contributed by atoms with van der Waals surface area (Å²) < 4.78 is 30.1. The van der Waals surface area contributed by atoms with Gasteiger partial charge in [0.05, 0.1) is 24.3 Å². The number of benzene rings is 2. The first kappa shape index (κ1) is 41.5. The van der Waals surface area contributed by atoms with Crippen molar-refractivity contribution in [3.8, 4) is 0 Å². The standard InChI is InChI=1S/C35H44N2O14/c1-36(22-31(40)41)29-14-10-27(11-15-29)34(44)50-18-6-2-4-8-32(42)48-20-21-49-33(43)9-5-3-7-19-51-35(45)28-12-16-30(17-13-28)37(23-46-25-38)24-47-26-39/h10-17,25-26H,2-9,18-24H2,1H3,(H,40,41). The fourth-order valence-corrected chi connectivity index (χ4v) is 4.43.